The van der Waals surface area contributed by atoms with E-state index in [0.717, 1.165) is 38.2 Å². The molecule has 1 saturated heterocycles. The Hall–Kier alpha value is -3.73. The Kier molecular flexibility index (Phi) is 11.0. The molecule has 1 aliphatic carbocycles. The first-order chi connectivity index (χ1) is 20.5. The highest BCUT2D eigenvalue weighted by atomic mass is 35.5. The molecule has 0 radical (unpaired) electrons. The van der Waals surface area contributed by atoms with Gasteiger partial charge in [-0.3, -0.25) is 9.59 Å². The summed E-state index contributed by atoms with van der Waals surface area (Å²) in [5.74, 6) is -6.60. The third-order valence-corrected chi connectivity index (χ3v) is 8.30. The molecule has 3 amide bonds. The van der Waals surface area contributed by atoms with Crippen molar-refractivity contribution in [3.63, 3.8) is 0 Å². The van der Waals surface area contributed by atoms with Gasteiger partial charge in [0.05, 0.1) is 0 Å². The molecule has 4 atom stereocenters. The number of carbonyl (C=O) groups is 4. The summed E-state index contributed by atoms with van der Waals surface area (Å²) in [6, 6.07) is 9.98. The van der Waals surface area contributed by atoms with Gasteiger partial charge in [-0.25, -0.2) is 9.59 Å². The summed E-state index contributed by atoms with van der Waals surface area (Å²) in [5.41, 5.74) is -0.435. The van der Waals surface area contributed by atoms with Gasteiger partial charge < -0.3 is 25.8 Å². The summed E-state index contributed by atoms with van der Waals surface area (Å²) in [5, 5.41) is 17.4. The van der Waals surface area contributed by atoms with Crippen LogP contribution in [0.15, 0.2) is 54.6 Å². The summed E-state index contributed by atoms with van der Waals surface area (Å²) < 4.78 is 37.1. The fraction of sp³-hybridized carbons (Fsp3) is 0.484. The molecule has 2 fully saturated rings. The Morgan fingerprint density at radius 3 is 2.33 bits per heavy atom. The van der Waals surface area contributed by atoms with Crippen molar-refractivity contribution < 1.29 is 37.8 Å². The highest BCUT2D eigenvalue weighted by Crippen LogP contribution is 2.43. The lowest BCUT2D eigenvalue weighted by molar-refractivity contribution is -0.143. The molecule has 1 aliphatic heterocycles. The monoisotopic (exact) mass is 619 g/mol. The van der Waals surface area contributed by atoms with Gasteiger partial charge in [0.25, 0.3) is 0 Å². The van der Waals surface area contributed by atoms with Gasteiger partial charge in [0.2, 0.25) is 11.8 Å². The van der Waals surface area contributed by atoms with Crippen molar-refractivity contribution in [3.8, 4) is 0 Å². The molecule has 9 nitrogen and oxygen atoms in total. The zero-order chi connectivity index (χ0) is 31.0. The van der Waals surface area contributed by atoms with Crippen LogP contribution in [-0.2, 0) is 25.0 Å². The number of amides is 3. The molecule has 43 heavy (non-hydrogen) atoms. The first kappa shape index (κ1) is 32.2. The van der Waals surface area contributed by atoms with Crippen molar-refractivity contribution in [2.24, 2.45) is 11.8 Å². The molecule has 4 N–H and O–H groups in total. The van der Waals surface area contributed by atoms with Crippen molar-refractivity contribution in [3.05, 3.63) is 70.7 Å². The smallest absolute Gasteiger partial charge is 0.408 e. The Bertz CT molecular complexity index is 1290. The minimum atomic E-state index is -3.69. The van der Waals surface area contributed by atoms with E-state index >= 15 is 8.78 Å². The molecule has 1 heterocycles. The molecule has 2 aromatic carbocycles. The van der Waals surface area contributed by atoms with Crippen LogP contribution in [0.3, 0.4) is 0 Å². The van der Waals surface area contributed by atoms with Gasteiger partial charge in [-0.15, -0.1) is 0 Å². The maximum absolute atomic E-state index is 15.9. The van der Waals surface area contributed by atoms with E-state index in [1.54, 1.807) is 6.07 Å². The Morgan fingerprint density at radius 2 is 1.70 bits per heavy atom. The second kappa shape index (κ2) is 14.6. The number of carboxylic acid groups (broad SMARTS) is 1. The van der Waals surface area contributed by atoms with E-state index in [2.05, 4.69) is 16.0 Å². The number of rotatable bonds is 12. The van der Waals surface area contributed by atoms with Gasteiger partial charge in [0.1, 0.15) is 12.1 Å². The van der Waals surface area contributed by atoms with Crippen LogP contribution in [0.5, 0.6) is 0 Å². The number of ether oxygens (including phenoxy) is 1. The number of hydrogen-bond donors (Lipinski definition) is 4. The summed E-state index contributed by atoms with van der Waals surface area (Å²) in [6.07, 6.45) is 1.75. The van der Waals surface area contributed by atoms with Crippen LogP contribution in [0.1, 0.15) is 68.6 Å². The minimum Gasteiger partial charge on any atom is -0.480 e. The van der Waals surface area contributed by atoms with E-state index < -0.39 is 53.6 Å². The third-order valence-electron chi connectivity index (χ3n) is 8.07. The molecule has 0 bridgehead atoms. The van der Waals surface area contributed by atoms with Gasteiger partial charge in [-0.2, -0.15) is 8.78 Å². The van der Waals surface area contributed by atoms with Gasteiger partial charge in [0, 0.05) is 23.0 Å². The molecular weight excluding hydrogens is 584 g/mol. The average Bonchev–Trinajstić information content (AvgIpc) is 3.40. The standard InChI is InChI=1S/C31H36ClF2N3O6/c32-23-13-7-12-22(18-23)31(33,34)26(20-10-5-2-6-11-20)43-30(42)37-24(16-19-8-3-1-4-9-19)28(39)36-25(29(40)41)17-21-14-15-35-27(21)38/h2,5-7,10-13,18-19,21,24-26H,1,3-4,8-9,14-17H2,(H,35,38)(H,36,39)(H,37,42)(H,40,41)/t21-,24-,25-,26?/m0/s1. The third kappa shape index (κ3) is 8.65. The first-order valence-corrected chi connectivity index (χ1v) is 14.9. The van der Waals surface area contributed by atoms with Crippen LogP contribution >= 0.6 is 11.6 Å². The zero-order valence-electron chi connectivity index (χ0n) is 23.6. The lowest BCUT2D eigenvalue weighted by atomic mass is 9.84. The molecule has 0 aromatic heterocycles. The maximum atomic E-state index is 15.9. The molecule has 0 spiro atoms. The lowest BCUT2D eigenvalue weighted by Gasteiger charge is -2.30. The van der Waals surface area contributed by atoms with Gasteiger partial charge in [-0.1, -0.05) is 86.2 Å². The highest BCUT2D eigenvalue weighted by Gasteiger charge is 2.46. The van der Waals surface area contributed by atoms with E-state index in [-0.39, 0.29) is 35.3 Å². The minimum absolute atomic E-state index is 0.0247. The molecule has 4 rings (SSSR count). The van der Waals surface area contributed by atoms with E-state index in [1.807, 2.05) is 0 Å². The number of aliphatic carboxylic acids is 1. The summed E-state index contributed by atoms with van der Waals surface area (Å²) in [7, 11) is 0. The van der Waals surface area contributed by atoms with E-state index in [0.29, 0.717) is 13.0 Å². The molecule has 232 valence electrons. The number of halogens is 3. The van der Waals surface area contributed by atoms with E-state index in [9.17, 15) is 24.3 Å². The van der Waals surface area contributed by atoms with Crippen molar-refractivity contribution in [1.82, 2.24) is 16.0 Å². The molecule has 12 heteroatoms. The molecule has 1 saturated carbocycles. The summed E-state index contributed by atoms with van der Waals surface area (Å²) >= 11 is 5.97. The summed E-state index contributed by atoms with van der Waals surface area (Å²) in [4.78, 5) is 50.7. The van der Waals surface area contributed by atoms with Crippen molar-refractivity contribution in [2.75, 3.05) is 6.54 Å². The van der Waals surface area contributed by atoms with Crippen LogP contribution in [0.25, 0.3) is 0 Å². The fourth-order valence-electron chi connectivity index (χ4n) is 5.75. The molecular formula is C31H36ClF2N3O6. The first-order valence-electron chi connectivity index (χ1n) is 14.5. The predicted octanol–water partition coefficient (Wildman–Crippen LogP) is 5.33. The largest absolute Gasteiger partial charge is 0.480 e. The average molecular weight is 620 g/mol. The maximum Gasteiger partial charge on any atom is 0.408 e. The van der Waals surface area contributed by atoms with Crippen LogP contribution in [0, 0.1) is 11.8 Å². The lowest BCUT2D eigenvalue weighted by Crippen LogP contribution is -2.53. The van der Waals surface area contributed by atoms with E-state index in [1.165, 1.54) is 42.5 Å². The van der Waals surface area contributed by atoms with Crippen LogP contribution in [-0.4, -0.2) is 47.6 Å². The van der Waals surface area contributed by atoms with Gasteiger partial charge in [0.15, 0.2) is 6.10 Å². The molecule has 2 aromatic rings. The zero-order valence-corrected chi connectivity index (χ0v) is 24.3. The normalized spacial score (nSPS) is 19.5. The predicted molar refractivity (Wildman–Crippen MR) is 154 cm³/mol. The van der Waals surface area contributed by atoms with Crippen molar-refractivity contribution in [2.45, 2.75) is 75.5 Å². The quantitative estimate of drug-likeness (QED) is 0.254. The fourth-order valence-corrected chi connectivity index (χ4v) is 5.94. The van der Waals surface area contributed by atoms with Crippen molar-refractivity contribution in [1.29, 1.82) is 0 Å². The molecule has 1 unspecified atom stereocenters. The molecule has 2 aliphatic rings. The van der Waals surface area contributed by atoms with Crippen LogP contribution in [0.2, 0.25) is 5.02 Å². The number of carboxylic acids is 1. The summed E-state index contributed by atoms with van der Waals surface area (Å²) in [6.45, 7) is 0.421. The SMILES string of the molecule is O=C(N[C@@H](CC1CCCCC1)C(=O)N[C@@H](C[C@@H]1CCNC1=O)C(=O)O)OC(c1ccccc1)C(F)(F)c1cccc(Cl)c1. The Morgan fingerprint density at radius 1 is 0.977 bits per heavy atom. The topological polar surface area (TPSA) is 134 Å². The number of carbonyl (C=O) groups excluding carboxylic acids is 3. The highest BCUT2D eigenvalue weighted by molar-refractivity contribution is 6.30. The Balaban J connectivity index is 1.54. The Labute approximate surface area is 253 Å². The number of hydrogen-bond acceptors (Lipinski definition) is 5. The second-order valence-electron chi connectivity index (χ2n) is 11.2. The van der Waals surface area contributed by atoms with E-state index in [4.69, 9.17) is 16.3 Å². The van der Waals surface area contributed by atoms with Crippen molar-refractivity contribution >= 4 is 35.5 Å². The second-order valence-corrected chi connectivity index (χ2v) is 11.6. The number of alkyl halides is 2. The van der Waals surface area contributed by atoms with Gasteiger partial charge in [-0.05, 0) is 42.9 Å². The van der Waals surface area contributed by atoms with Crippen LogP contribution < -0.4 is 16.0 Å². The number of benzene rings is 2. The van der Waals surface area contributed by atoms with Gasteiger partial charge >= 0.3 is 18.0 Å². The number of alkyl carbamates (subject to hydrolysis) is 1. The number of nitrogens with one attached hydrogen (secondary N) is 3. The van der Waals surface area contributed by atoms with Crippen LogP contribution in [0.4, 0.5) is 13.6 Å².